The predicted octanol–water partition coefficient (Wildman–Crippen LogP) is 9.70. The number of hydrogen-bond donors (Lipinski definition) is 0. The second-order valence-corrected chi connectivity index (χ2v) is 12.9. The molecular formula is C29H33NS3. The van der Waals surface area contributed by atoms with Crippen LogP contribution in [0.5, 0.6) is 0 Å². The van der Waals surface area contributed by atoms with Gasteiger partial charge in [-0.15, -0.1) is 35.3 Å². The van der Waals surface area contributed by atoms with Crippen molar-refractivity contribution in [3.63, 3.8) is 0 Å². The molecule has 0 bridgehead atoms. The lowest BCUT2D eigenvalue weighted by Crippen LogP contribution is -2.13. The quantitative estimate of drug-likeness (QED) is 0.135. The van der Waals surface area contributed by atoms with Crippen LogP contribution in [0.2, 0.25) is 0 Å². The van der Waals surface area contributed by atoms with Crippen LogP contribution < -0.4 is 0 Å². The highest BCUT2D eigenvalue weighted by Gasteiger charge is 2.21. The van der Waals surface area contributed by atoms with Crippen LogP contribution >= 0.6 is 35.3 Å². The van der Waals surface area contributed by atoms with Crippen LogP contribution in [0.1, 0.15) is 49.7 Å². The van der Waals surface area contributed by atoms with Gasteiger partial charge in [-0.1, -0.05) is 72.9 Å². The highest BCUT2D eigenvalue weighted by molar-refractivity contribution is 8.18. The lowest BCUT2D eigenvalue weighted by molar-refractivity contribution is 0.517. The topological polar surface area (TPSA) is 12.4 Å². The fraction of sp³-hybridized carbons (Fsp3) is 0.345. The van der Waals surface area contributed by atoms with E-state index in [1.807, 2.05) is 35.3 Å². The van der Waals surface area contributed by atoms with Crippen molar-refractivity contribution in [2.24, 2.45) is 4.99 Å². The molecule has 1 fully saturated rings. The summed E-state index contributed by atoms with van der Waals surface area (Å²) in [4.78, 5) is 7.81. The number of thioether (sulfide) groups is 3. The second kappa shape index (κ2) is 12.7. The van der Waals surface area contributed by atoms with Gasteiger partial charge >= 0.3 is 0 Å². The Morgan fingerprint density at radius 2 is 1.30 bits per heavy atom. The predicted molar refractivity (Wildman–Crippen MR) is 150 cm³/mol. The molecule has 3 aromatic carbocycles. The van der Waals surface area contributed by atoms with E-state index in [-0.39, 0.29) is 0 Å². The Hall–Kier alpha value is -1.62. The van der Waals surface area contributed by atoms with Gasteiger partial charge in [-0.05, 0) is 63.1 Å². The minimum Gasteiger partial charge on any atom is -0.247 e. The van der Waals surface area contributed by atoms with Crippen molar-refractivity contribution in [1.82, 2.24) is 0 Å². The van der Waals surface area contributed by atoms with Crippen molar-refractivity contribution in [3.8, 4) is 0 Å². The van der Waals surface area contributed by atoms with E-state index in [1.54, 1.807) is 0 Å². The average molecular weight is 492 g/mol. The number of para-hydroxylation sites is 1. The number of aliphatic imine (C=N–C) groups is 1. The zero-order valence-electron chi connectivity index (χ0n) is 19.6. The van der Waals surface area contributed by atoms with E-state index in [2.05, 4.69) is 92.7 Å². The largest absolute Gasteiger partial charge is 0.247 e. The first-order valence-corrected chi connectivity index (χ1v) is 14.5. The molecule has 1 nitrogen and oxygen atoms in total. The van der Waals surface area contributed by atoms with Gasteiger partial charge in [0.2, 0.25) is 0 Å². The monoisotopic (exact) mass is 491 g/mol. The van der Waals surface area contributed by atoms with Crippen molar-refractivity contribution >= 4 is 46.0 Å². The maximum Gasteiger partial charge on any atom is 0.0761 e. The van der Waals surface area contributed by atoms with Crippen LogP contribution in [-0.2, 0) is 0 Å². The highest BCUT2D eigenvalue weighted by atomic mass is 32.2. The molecule has 0 heterocycles. The van der Waals surface area contributed by atoms with E-state index < -0.39 is 0 Å². The highest BCUT2D eigenvalue weighted by Crippen LogP contribution is 2.41. The lowest BCUT2D eigenvalue weighted by atomic mass is 10.0. The summed E-state index contributed by atoms with van der Waals surface area (Å²) in [5, 5.41) is 1.98. The molecule has 1 aliphatic rings. The molecular weight excluding hydrogens is 459 g/mol. The molecule has 1 saturated carbocycles. The fourth-order valence-electron chi connectivity index (χ4n) is 3.93. The summed E-state index contributed by atoms with van der Waals surface area (Å²) < 4.78 is 0.369. The van der Waals surface area contributed by atoms with Gasteiger partial charge in [0.25, 0.3) is 0 Å². The maximum absolute atomic E-state index is 5.16. The molecule has 3 aromatic rings. The summed E-state index contributed by atoms with van der Waals surface area (Å²) in [6, 6.07) is 28.4. The van der Waals surface area contributed by atoms with Crippen LogP contribution in [-0.4, -0.2) is 14.9 Å². The summed E-state index contributed by atoms with van der Waals surface area (Å²) >= 11 is 5.97. The smallest absolute Gasteiger partial charge is 0.0761 e. The third kappa shape index (κ3) is 8.27. The minimum atomic E-state index is 0.369. The average Bonchev–Trinajstić information content (AvgIpc) is 2.83. The van der Waals surface area contributed by atoms with Crippen molar-refractivity contribution in [3.05, 3.63) is 90.0 Å². The van der Waals surface area contributed by atoms with E-state index in [0.717, 1.165) is 12.1 Å². The molecule has 172 valence electrons. The van der Waals surface area contributed by atoms with Crippen molar-refractivity contribution in [2.75, 3.05) is 0 Å². The molecule has 33 heavy (non-hydrogen) atoms. The van der Waals surface area contributed by atoms with Crippen LogP contribution in [0.15, 0.2) is 93.6 Å². The molecule has 4 heteroatoms. The minimum absolute atomic E-state index is 0.369. The summed E-state index contributed by atoms with van der Waals surface area (Å²) in [6.07, 6.45) is 7.70. The lowest BCUT2D eigenvalue weighted by Gasteiger charge is -2.24. The Kier molecular flexibility index (Phi) is 9.46. The molecule has 4 rings (SSSR count). The third-order valence-electron chi connectivity index (χ3n) is 5.78. The Morgan fingerprint density at radius 3 is 1.85 bits per heavy atom. The van der Waals surface area contributed by atoms with Crippen molar-refractivity contribution < 1.29 is 0 Å². The standard InChI is InChI=1S/C29H33NS3/c1-22-13-17-26(18-14-22)32-29(33-27-19-15-23(2)16-20-27)21-28(30-24-9-5-3-6-10-24)31-25-11-7-4-8-12-25/h3,5-6,9-10,13-20,25,29H,4,7-8,11-12,21H2,1-2H3. The van der Waals surface area contributed by atoms with Crippen LogP contribution in [0.25, 0.3) is 0 Å². The Bertz CT molecular complexity index is 959. The third-order valence-corrected chi connectivity index (χ3v) is 9.64. The first kappa shape index (κ1) is 24.5. The molecule has 0 radical (unpaired) electrons. The number of rotatable bonds is 8. The summed E-state index contributed by atoms with van der Waals surface area (Å²) in [7, 11) is 0. The fourth-order valence-corrected chi connectivity index (χ4v) is 8.05. The number of hydrogen-bond acceptors (Lipinski definition) is 4. The normalized spacial score (nSPS) is 15.2. The molecule has 0 aromatic heterocycles. The molecule has 0 aliphatic heterocycles. The Balaban J connectivity index is 1.57. The molecule has 0 N–H and O–H groups in total. The summed E-state index contributed by atoms with van der Waals surface area (Å²) in [6.45, 7) is 4.30. The number of aryl methyl sites for hydroxylation is 2. The zero-order chi connectivity index (χ0) is 22.9. The first-order chi connectivity index (χ1) is 16.1. The number of benzene rings is 3. The van der Waals surface area contributed by atoms with Gasteiger partial charge in [0.1, 0.15) is 0 Å². The van der Waals surface area contributed by atoms with Crippen molar-refractivity contribution in [2.45, 2.75) is 72.0 Å². The molecule has 0 amide bonds. The van der Waals surface area contributed by atoms with Gasteiger partial charge in [-0.2, -0.15) is 0 Å². The molecule has 0 atom stereocenters. The van der Waals surface area contributed by atoms with Gasteiger partial charge in [0, 0.05) is 21.5 Å². The molecule has 1 aliphatic carbocycles. The first-order valence-electron chi connectivity index (χ1n) is 11.9. The van der Waals surface area contributed by atoms with Crippen LogP contribution in [0.4, 0.5) is 5.69 Å². The van der Waals surface area contributed by atoms with E-state index in [0.29, 0.717) is 9.83 Å². The van der Waals surface area contributed by atoms with E-state index in [1.165, 1.54) is 58.1 Å². The van der Waals surface area contributed by atoms with Crippen LogP contribution in [0.3, 0.4) is 0 Å². The molecule has 0 unspecified atom stereocenters. The molecule has 0 saturated heterocycles. The van der Waals surface area contributed by atoms with Gasteiger partial charge in [0.05, 0.1) is 15.3 Å². The number of nitrogens with zero attached hydrogens (tertiary/aromatic N) is 1. The van der Waals surface area contributed by atoms with Gasteiger partial charge in [0.15, 0.2) is 0 Å². The van der Waals surface area contributed by atoms with Crippen molar-refractivity contribution in [1.29, 1.82) is 0 Å². The summed E-state index contributed by atoms with van der Waals surface area (Å²) in [5.74, 6) is 0. The Labute approximate surface area is 212 Å². The maximum atomic E-state index is 5.16. The Morgan fingerprint density at radius 1 is 0.758 bits per heavy atom. The summed E-state index contributed by atoms with van der Waals surface area (Å²) in [5.41, 5.74) is 3.68. The second-order valence-electron chi connectivity index (χ2n) is 8.71. The SMILES string of the molecule is Cc1ccc(SC(CC(=Nc2ccccc2)SC2CCCCC2)Sc2ccc(C)cc2)cc1. The van der Waals surface area contributed by atoms with Gasteiger partial charge in [-0.3, -0.25) is 0 Å². The van der Waals surface area contributed by atoms with Gasteiger partial charge < -0.3 is 0 Å². The van der Waals surface area contributed by atoms with E-state index >= 15 is 0 Å². The zero-order valence-corrected chi connectivity index (χ0v) is 22.0. The van der Waals surface area contributed by atoms with Crippen LogP contribution in [0, 0.1) is 13.8 Å². The molecule has 0 spiro atoms. The van der Waals surface area contributed by atoms with Gasteiger partial charge in [-0.25, -0.2) is 4.99 Å². The van der Waals surface area contributed by atoms with E-state index in [9.17, 15) is 0 Å². The van der Waals surface area contributed by atoms with E-state index in [4.69, 9.17) is 4.99 Å².